The maximum Gasteiger partial charge on any atom is 0.159 e. The number of rotatable bonds is 5. The molecule has 4 heterocycles. The average Bonchev–Trinajstić information content (AvgIpc) is 3.72. The van der Waals surface area contributed by atoms with Crippen LogP contribution in [0.5, 0.6) is 0 Å². The second-order valence-corrected chi connectivity index (χ2v) is 13.3. The Morgan fingerprint density at radius 3 is 2.18 bits per heavy atom. The molecule has 49 heavy (non-hydrogen) atoms. The van der Waals surface area contributed by atoms with Gasteiger partial charge in [-0.15, -0.1) is 11.3 Å². The van der Waals surface area contributed by atoms with Crippen molar-refractivity contribution in [1.82, 2.24) is 14.5 Å². The molecule has 0 N–H and O–H groups in total. The first-order chi connectivity index (χ1) is 24.3. The van der Waals surface area contributed by atoms with E-state index in [4.69, 9.17) is 4.98 Å². The summed E-state index contributed by atoms with van der Waals surface area (Å²) in [6.07, 6.45) is 3.73. The Bertz CT molecular complexity index is 2830. The smallest absolute Gasteiger partial charge is 0.159 e. The van der Waals surface area contributed by atoms with Crippen LogP contribution in [0.1, 0.15) is 0 Å². The second-order valence-electron chi connectivity index (χ2n) is 12.3. The van der Waals surface area contributed by atoms with E-state index in [-0.39, 0.29) is 0 Å². The van der Waals surface area contributed by atoms with Crippen LogP contribution in [-0.2, 0) is 0 Å². The first-order valence-electron chi connectivity index (χ1n) is 16.4. The van der Waals surface area contributed by atoms with Crippen LogP contribution in [0.25, 0.3) is 69.8 Å². The van der Waals surface area contributed by atoms with Gasteiger partial charge in [0.15, 0.2) is 5.65 Å². The highest BCUT2D eigenvalue weighted by atomic mass is 32.1. The first-order valence-corrected chi connectivity index (χ1v) is 17.2. The molecular weight excluding hydrogens is 617 g/mol. The molecule has 10 rings (SSSR count). The van der Waals surface area contributed by atoms with Crippen LogP contribution in [0.4, 0.5) is 17.1 Å². The van der Waals surface area contributed by atoms with Gasteiger partial charge in [-0.1, -0.05) is 97.1 Å². The molecule has 4 nitrogen and oxygen atoms in total. The van der Waals surface area contributed by atoms with Crippen molar-refractivity contribution in [3.63, 3.8) is 0 Å². The predicted octanol–water partition coefficient (Wildman–Crippen LogP) is 12.2. The zero-order valence-electron chi connectivity index (χ0n) is 26.4. The summed E-state index contributed by atoms with van der Waals surface area (Å²) in [6, 6.07) is 56.5. The minimum atomic E-state index is 0.747. The second kappa shape index (κ2) is 11.2. The Labute approximate surface area is 286 Å². The lowest BCUT2D eigenvalue weighted by Crippen LogP contribution is -2.09. The summed E-state index contributed by atoms with van der Waals surface area (Å²) in [7, 11) is 0. The van der Waals surface area contributed by atoms with E-state index in [0.717, 1.165) is 44.7 Å². The predicted molar refractivity (Wildman–Crippen MR) is 207 cm³/mol. The summed E-state index contributed by atoms with van der Waals surface area (Å²) in [5.41, 5.74) is 9.82. The average molecular weight is 645 g/mol. The van der Waals surface area contributed by atoms with E-state index in [1.54, 1.807) is 6.20 Å². The standard InChI is InChI=1S/C44H28N4S/c1-2-12-31(13-3-1)47(40-20-9-18-38-36-15-5-7-21-41(36)49-43(38)40)32-24-22-29(23-25-32)34-16-8-17-37-35-14-4-6-19-39(35)48(42(34)37)33-27-30-11-10-26-45-44(30)46-28-33/h1-28H. The molecule has 0 unspecified atom stereocenters. The topological polar surface area (TPSA) is 34.0 Å². The monoisotopic (exact) mass is 644 g/mol. The fourth-order valence-electron chi connectivity index (χ4n) is 7.30. The van der Waals surface area contributed by atoms with Gasteiger partial charge in [-0.2, -0.15) is 0 Å². The maximum atomic E-state index is 4.74. The van der Waals surface area contributed by atoms with Crippen LogP contribution in [0.2, 0.25) is 0 Å². The third kappa shape index (κ3) is 4.44. The highest BCUT2D eigenvalue weighted by Crippen LogP contribution is 2.45. The Hall–Kier alpha value is -6.30. The third-order valence-electron chi connectivity index (χ3n) is 9.47. The molecule has 0 fully saturated rings. The summed E-state index contributed by atoms with van der Waals surface area (Å²) >= 11 is 1.86. The highest BCUT2D eigenvalue weighted by Gasteiger charge is 2.20. The van der Waals surface area contributed by atoms with Gasteiger partial charge >= 0.3 is 0 Å². The Morgan fingerprint density at radius 1 is 0.551 bits per heavy atom. The number of hydrogen-bond acceptors (Lipinski definition) is 4. The summed E-state index contributed by atoms with van der Waals surface area (Å²) < 4.78 is 4.94. The zero-order valence-corrected chi connectivity index (χ0v) is 27.2. The van der Waals surface area contributed by atoms with Crippen molar-refractivity contribution in [3.05, 3.63) is 170 Å². The van der Waals surface area contributed by atoms with E-state index >= 15 is 0 Å². The molecule has 0 spiro atoms. The lowest BCUT2D eigenvalue weighted by Gasteiger charge is -2.26. The molecule has 0 aliphatic heterocycles. The number of fused-ring (bicyclic) bond motifs is 7. The van der Waals surface area contributed by atoms with Gasteiger partial charge < -0.3 is 9.47 Å². The first kappa shape index (κ1) is 27.8. The quantitative estimate of drug-likeness (QED) is 0.187. The van der Waals surface area contributed by atoms with Crippen molar-refractivity contribution in [3.8, 4) is 16.8 Å². The van der Waals surface area contributed by atoms with E-state index < -0.39 is 0 Å². The van der Waals surface area contributed by atoms with Gasteiger partial charge in [-0.3, -0.25) is 0 Å². The van der Waals surface area contributed by atoms with Crippen molar-refractivity contribution >= 4 is 81.4 Å². The zero-order chi connectivity index (χ0) is 32.3. The number of pyridine rings is 2. The molecule has 0 saturated heterocycles. The van der Waals surface area contributed by atoms with Crippen LogP contribution in [0.15, 0.2) is 170 Å². The van der Waals surface area contributed by atoms with E-state index in [1.165, 1.54) is 42.2 Å². The number of anilines is 3. The van der Waals surface area contributed by atoms with Crippen molar-refractivity contribution in [2.45, 2.75) is 0 Å². The number of thiophene rings is 1. The SMILES string of the molecule is c1ccc(N(c2ccc(-c3cccc4c5ccccc5n(-c5cnc6ncccc6c5)c34)cc2)c2cccc3c2sc2ccccc23)cc1. The van der Waals surface area contributed by atoms with Crippen LogP contribution in [0, 0.1) is 0 Å². The van der Waals surface area contributed by atoms with Crippen molar-refractivity contribution in [2.75, 3.05) is 4.90 Å². The Morgan fingerprint density at radius 2 is 1.29 bits per heavy atom. The fourth-order valence-corrected chi connectivity index (χ4v) is 8.50. The normalized spacial score (nSPS) is 11.7. The number of benzene rings is 6. The number of hydrogen-bond donors (Lipinski definition) is 0. The Kier molecular flexibility index (Phi) is 6.32. The molecule has 6 aromatic carbocycles. The van der Waals surface area contributed by atoms with Gasteiger partial charge in [-0.25, -0.2) is 9.97 Å². The van der Waals surface area contributed by atoms with Crippen molar-refractivity contribution < 1.29 is 0 Å². The van der Waals surface area contributed by atoms with E-state index in [2.05, 4.69) is 166 Å². The van der Waals surface area contributed by atoms with Gasteiger partial charge in [0.05, 0.1) is 33.3 Å². The lowest BCUT2D eigenvalue weighted by molar-refractivity contribution is 1.15. The van der Waals surface area contributed by atoms with Crippen LogP contribution >= 0.6 is 11.3 Å². The number of para-hydroxylation sites is 3. The van der Waals surface area contributed by atoms with Gasteiger partial charge in [-0.05, 0) is 66.2 Å². The molecule has 0 aliphatic carbocycles. The molecular formula is C44H28N4S. The van der Waals surface area contributed by atoms with Gasteiger partial charge in [0.2, 0.25) is 0 Å². The fraction of sp³-hybridized carbons (Fsp3) is 0. The molecule has 10 aromatic rings. The summed E-state index contributed by atoms with van der Waals surface area (Å²) in [5.74, 6) is 0. The highest BCUT2D eigenvalue weighted by molar-refractivity contribution is 7.26. The number of aromatic nitrogens is 3. The van der Waals surface area contributed by atoms with Gasteiger partial charge in [0, 0.05) is 54.8 Å². The van der Waals surface area contributed by atoms with E-state index in [0.29, 0.717) is 0 Å². The summed E-state index contributed by atoms with van der Waals surface area (Å²) in [6.45, 7) is 0. The van der Waals surface area contributed by atoms with Gasteiger partial charge in [0.1, 0.15) is 0 Å². The molecule has 4 aromatic heterocycles. The van der Waals surface area contributed by atoms with Crippen molar-refractivity contribution in [2.24, 2.45) is 0 Å². The van der Waals surface area contributed by atoms with Crippen LogP contribution in [0.3, 0.4) is 0 Å². The molecule has 0 amide bonds. The lowest BCUT2D eigenvalue weighted by atomic mass is 10.0. The van der Waals surface area contributed by atoms with Gasteiger partial charge in [0.25, 0.3) is 0 Å². The van der Waals surface area contributed by atoms with Crippen LogP contribution in [-0.4, -0.2) is 14.5 Å². The summed E-state index contributed by atoms with van der Waals surface area (Å²) in [5, 5.41) is 6.03. The summed E-state index contributed by atoms with van der Waals surface area (Å²) in [4.78, 5) is 11.6. The molecule has 0 atom stereocenters. The maximum absolute atomic E-state index is 4.74. The minimum Gasteiger partial charge on any atom is -0.309 e. The molecule has 230 valence electrons. The molecule has 0 aliphatic rings. The molecule has 0 bridgehead atoms. The molecule has 0 saturated carbocycles. The number of nitrogens with zero attached hydrogens (tertiary/aromatic N) is 4. The Balaban J connectivity index is 1.16. The molecule has 5 heteroatoms. The van der Waals surface area contributed by atoms with Crippen molar-refractivity contribution in [1.29, 1.82) is 0 Å². The largest absolute Gasteiger partial charge is 0.309 e. The van der Waals surface area contributed by atoms with Crippen LogP contribution < -0.4 is 4.90 Å². The third-order valence-corrected chi connectivity index (χ3v) is 10.7. The molecule has 0 radical (unpaired) electrons. The minimum absolute atomic E-state index is 0.747. The van der Waals surface area contributed by atoms with E-state index in [9.17, 15) is 0 Å². The van der Waals surface area contributed by atoms with E-state index in [1.807, 2.05) is 23.6 Å².